The van der Waals surface area contributed by atoms with Crippen LogP contribution in [0.25, 0.3) is 0 Å². The maximum atomic E-state index is 12.8. The van der Waals surface area contributed by atoms with E-state index in [1.807, 2.05) is 13.8 Å². The van der Waals surface area contributed by atoms with Crippen molar-refractivity contribution < 1.29 is 23.5 Å². The molecule has 0 aliphatic rings. The standard InChI is InChI=1S/C14H29O5P/c1-9(2)14(16)13(12(7)15)8-20(17,18-10(3)4)19-11(5)6/h9-11,13-14,16H,8H2,1-7H3/t13-,14+/m1/s1. The second-order valence-corrected chi connectivity index (χ2v) is 8.06. The van der Waals surface area contributed by atoms with Crippen molar-refractivity contribution in [3.05, 3.63) is 0 Å². The van der Waals surface area contributed by atoms with Crippen LogP contribution in [0, 0.1) is 11.8 Å². The van der Waals surface area contributed by atoms with Crippen LogP contribution in [0.4, 0.5) is 0 Å². The monoisotopic (exact) mass is 308 g/mol. The van der Waals surface area contributed by atoms with E-state index in [2.05, 4.69) is 0 Å². The van der Waals surface area contributed by atoms with Gasteiger partial charge in [0, 0.05) is 0 Å². The number of hydrogen-bond acceptors (Lipinski definition) is 5. The highest BCUT2D eigenvalue weighted by Gasteiger charge is 2.37. The summed E-state index contributed by atoms with van der Waals surface area (Å²) in [6.45, 7) is 12.1. The van der Waals surface area contributed by atoms with Crippen molar-refractivity contribution in [2.45, 2.75) is 66.8 Å². The highest BCUT2D eigenvalue weighted by Crippen LogP contribution is 2.52. The average molecular weight is 308 g/mol. The van der Waals surface area contributed by atoms with Gasteiger partial charge in [-0.15, -0.1) is 0 Å². The largest absolute Gasteiger partial charge is 0.392 e. The van der Waals surface area contributed by atoms with E-state index >= 15 is 0 Å². The van der Waals surface area contributed by atoms with Gasteiger partial charge in [0.2, 0.25) is 0 Å². The van der Waals surface area contributed by atoms with Gasteiger partial charge in [-0.1, -0.05) is 13.8 Å². The third-order valence-electron chi connectivity index (χ3n) is 2.78. The van der Waals surface area contributed by atoms with Gasteiger partial charge in [0.1, 0.15) is 5.78 Å². The maximum absolute atomic E-state index is 12.8. The fourth-order valence-electron chi connectivity index (χ4n) is 1.94. The first-order valence-electron chi connectivity index (χ1n) is 7.13. The molecule has 0 spiro atoms. The summed E-state index contributed by atoms with van der Waals surface area (Å²) < 4.78 is 23.6. The molecular weight excluding hydrogens is 279 g/mol. The van der Waals surface area contributed by atoms with E-state index in [1.54, 1.807) is 27.7 Å². The molecule has 0 aromatic rings. The van der Waals surface area contributed by atoms with Crippen molar-refractivity contribution in [2.24, 2.45) is 11.8 Å². The molecule has 0 fully saturated rings. The molecule has 0 radical (unpaired) electrons. The molecule has 0 aromatic carbocycles. The van der Waals surface area contributed by atoms with Gasteiger partial charge in [0.25, 0.3) is 0 Å². The minimum Gasteiger partial charge on any atom is -0.392 e. The average Bonchev–Trinajstić information content (AvgIpc) is 2.21. The molecule has 20 heavy (non-hydrogen) atoms. The number of aliphatic hydroxyl groups excluding tert-OH is 1. The van der Waals surface area contributed by atoms with Crippen LogP contribution in [0.2, 0.25) is 0 Å². The molecule has 2 atom stereocenters. The first-order valence-corrected chi connectivity index (χ1v) is 8.85. The van der Waals surface area contributed by atoms with Crippen LogP contribution < -0.4 is 0 Å². The topological polar surface area (TPSA) is 72.8 Å². The van der Waals surface area contributed by atoms with Gasteiger partial charge >= 0.3 is 7.60 Å². The Kier molecular flexibility index (Phi) is 8.19. The summed E-state index contributed by atoms with van der Waals surface area (Å²) in [5.41, 5.74) is 0. The fourth-order valence-corrected chi connectivity index (χ4v) is 4.40. The lowest BCUT2D eigenvalue weighted by atomic mass is 9.92. The van der Waals surface area contributed by atoms with Crippen LogP contribution in [-0.2, 0) is 18.4 Å². The Morgan fingerprint density at radius 3 is 1.70 bits per heavy atom. The number of carbonyl (C=O) groups excluding carboxylic acids is 1. The molecular formula is C14H29O5P. The SMILES string of the molecule is CC(=O)[C@@H](CP(=O)(OC(C)C)OC(C)C)[C@@H](O)C(C)C. The van der Waals surface area contributed by atoms with Crippen LogP contribution >= 0.6 is 7.60 Å². The van der Waals surface area contributed by atoms with E-state index in [-0.39, 0.29) is 30.1 Å². The lowest BCUT2D eigenvalue weighted by Gasteiger charge is -2.29. The smallest absolute Gasteiger partial charge is 0.331 e. The fraction of sp³-hybridized carbons (Fsp3) is 0.929. The zero-order valence-electron chi connectivity index (χ0n) is 13.6. The second-order valence-electron chi connectivity index (χ2n) is 6.05. The first-order chi connectivity index (χ1) is 8.98. The predicted molar refractivity (Wildman–Crippen MR) is 79.9 cm³/mol. The minimum absolute atomic E-state index is 0.0853. The second kappa shape index (κ2) is 8.28. The van der Waals surface area contributed by atoms with Crippen molar-refractivity contribution in [3.8, 4) is 0 Å². The van der Waals surface area contributed by atoms with Gasteiger partial charge < -0.3 is 14.2 Å². The molecule has 120 valence electrons. The summed E-state index contributed by atoms with van der Waals surface area (Å²) in [7, 11) is -3.42. The van der Waals surface area contributed by atoms with E-state index in [1.165, 1.54) is 6.92 Å². The highest BCUT2D eigenvalue weighted by atomic mass is 31.2. The molecule has 0 aliphatic carbocycles. The normalized spacial score (nSPS) is 15.9. The molecule has 0 saturated heterocycles. The van der Waals surface area contributed by atoms with Crippen LogP contribution in [0.1, 0.15) is 48.5 Å². The zero-order chi connectivity index (χ0) is 16.1. The van der Waals surface area contributed by atoms with Gasteiger partial charge in [-0.3, -0.25) is 9.36 Å². The van der Waals surface area contributed by atoms with E-state index in [0.29, 0.717) is 0 Å². The van der Waals surface area contributed by atoms with Crippen molar-refractivity contribution in [3.63, 3.8) is 0 Å². The summed E-state index contributed by atoms with van der Waals surface area (Å²) in [4.78, 5) is 11.7. The highest BCUT2D eigenvalue weighted by molar-refractivity contribution is 7.53. The summed E-state index contributed by atoms with van der Waals surface area (Å²) in [6, 6.07) is 0. The number of Topliss-reactive ketones (excluding diaryl/α,β-unsaturated/α-hetero) is 1. The molecule has 6 heteroatoms. The van der Waals surface area contributed by atoms with Gasteiger partial charge in [-0.05, 0) is 40.5 Å². The lowest BCUT2D eigenvalue weighted by molar-refractivity contribution is -0.124. The third kappa shape index (κ3) is 6.98. The Hall–Kier alpha value is -0.220. The van der Waals surface area contributed by atoms with Gasteiger partial charge in [0.15, 0.2) is 0 Å². The lowest BCUT2D eigenvalue weighted by Crippen LogP contribution is -2.34. The number of hydrogen-bond donors (Lipinski definition) is 1. The zero-order valence-corrected chi connectivity index (χ0v) is 14.5. The Morgan fingerprint density at radius 1 is 1.05 bits per heavy atom. The van der Waals surface area contributed by atoms with E-state index in [4.69, 9.17) is 9.05 Å². The molecule has 0 heterocycles. The van der Waals surface area contributed by atoms with E-state index in [0.717, 1.165) is 0 Å². The molecule has 0 aromatic heterocycles. The molecule has 0 unspecified atom stereocenters. The Bertz CT molecular complexity index is 337. The maximum Gasteiger partial charge on any atom is 0.331 e. The quantitative estimate of drug-likeness (QED) is 0.662. The van der Waals surface area contributed by atoms with Crippen LogP contribution in [0.3, 0.4) is 0 Å². The summed E-state index contributed by atoms with van der Waals surface area (Å²) >= 11 is 0. The van der Waals surface area contributed by atoms with Gasteiger partial charge in [-0.25, -0.2) is 0 Å². The Labute approximate surface area is 122 Å². The number of ketones is 1. The first kappa shape index (κ1) is 19.8. The van der Waals surface area contributed by atoms with Crippen molar-refractivity contribution in [1.29, 1.82) is 0 Å². The predicted octanol–water partition coefficient (Wildman–Crippen LogP) is 3.25. The van der Waals surface area contributed by atoms with E-state index in [9.17, 15) is 14.5 Å². The molecule has 0 amide bonds. The van der Waals surface area contributed by atoms with E-state index < -0.39 is 19.6 Å². The number of rotatable bonds is 9. The number of carbonyl (C=O) groups is 1. The molecule has 0 aliphatic heterocycles. The Morgan fingerprint density at radius 2 is 1.45 bits per heavy atom. The van der Waals surface area contributed by atoms with Gasteiger partial charge in [0.05, 0.1) is 30.4 Å². The van der Waals surface area contributed by atoms with Crippen LogP contribution in [0.15, 0.2) is 0 Å². The summed E-state index contributed by atoms with van der Waals surface area (Å²) in [5.74, 6) is -1.04. The van der Waals surface area contributed by atoms with Crippen molar-refractivity contribution >= 4 is 13.4 Å². The molecule has 5 nitrogen and oxygen atoms in total. The third-order valence-corrected chi connectivity index (χ3v) is 5.11. The molecule has 0 saturated carbocycles. The summed E-state index contributed by atoms with van der Waals surface area (Å²) in [5, 5.41) is 10.1. The van der Waals surface area contributed by atoms with Crippen LogP contribution in [0.5, 0.6) is 0 Å². The minimum atomic E-state index is -3.42. The van der Waals surface area contributed by atoms with Crippen molar-refractivity contribution in [2.75, 3.05) is 6.16 Å². The Balaban J connectivity index is 5.18. The molecule has 0 bridgehead atoms. The van der Waals surface area contributed by atoms with Crippen LogP contribution in [-0.4, -0.2) is 35.4 Å². The molecule has 1 N–H and O–H groups in total. The molecule has 0 rings (SSSR count). The van der Waals surface area contributed by atoms with Gasteiger partial charge in [-0.2, -0.15) is 0 Å². The van der Waals surface area contributed by atoms with Crippen molar-refractivity contribution in [1.82, 2.24) is 0 Å². The summed E-state index contributed by atoms with van der Waals surface area (Å²) in [6.07, 6.45) is -1.49. The number of aliphatic hydroxyl groups is 1.